The van der Waals surface area contributed by atoms with E-state index in [9.17, 15) is 13.2 Å². The van der Waals surface area contributed by atoms with Gasteiger partial charge in [-0.15, -0.1) is 0 Å². The Balaban J connectivity index is 2.84. The monoisotopic (exact) mass is 249 g/mol. The van der Waals surface area contributed by atoms with E-state index in [4.69, 9.17) is 5.11 Å². The van der Waals surface area contributed by atoms with Crippen molar-refractivity contribution >= 4 is 33.5 Å². The molecule has 0 bridgehead atoms. The summed E-state index contributed by atoms with van der Waals surface area (Å²) in [4.78, 5) is 9.94. The first-order valence-electron chi connectivity index (χ1n) is 4.23. The third-order valence-corrected chi connectivity index (χ3v) is 4.04. The molecule has 0 aromatic rings. The van der Waals surface area contributed by atoms with E-state index in [2.05, 4.69) is 4.40 Å². The molecule has 0 fully saturated rings. The van der Waals surface area contributed by atoms with Gasteiger partial charge in [0.15, 0.2) is 4.91 Å². The number of carboxylic acids is 1. The van der Waals surface area contributed by atoms with Gasteiger partial charge < -0.3 is 5.11 Å². The van der Waals surface area contributed by atoms with Crippen LogP contribution in [-0.2, 0) is 14.8 Å². The van der Waals surface area contributed by atoms with Gasteiger partial charge in [-0.1, -0.05) is 13.8 Å². The van der Waals surface area contributed by atoms with Crippen molar-refractivity contribution in [3.05, 3.63) is 11.0 Å². The van der Waals surface area contributed by atoms with E-state index in [1.54, 1.807) is 0 Å². The molecule has 0 amide bonds. The molecule has 0 aliphatic carbocycles. The first-order valence-corrected chi connectivity index (χ1v) is 6.72. The van der Waals surface area contributed by atoms with Crippen LogP contribution < -0.4 is 0 Å². The summed E-state index contributed by atoms with van der Waals surface area (Å²) < 4.78 is 25.8. The minimum absolute atomic E-state index is 0.297. The van der Waals surface area contributed by atoms with Gasteiger partial charge in [0.2, 0.25) is 0 Å². The normalized spacial score (nSPS) is 18.9. The summed E-state index contributed by atoms with van der Waals surface area (Å²) in [5.74, 6) is -1.04. The maximum absolute atomic E-state index is 11.2. The molecule has 5 nitrogen and oxygen atoms in total. The fourth-order valence-corrected chi connectivity index (χ4v) is 2.71. The van der Waals surface area contributed by atoms with Crippen LogP contribution in [0.4, 0.5) is 0 Å². The second kappa shape index (κ2) is 4.36. The van der Waals surface area contributed by atoms with E-state index < -0.39 is 20.9 Å². The Hall–Kier alpha value is -0.820. The minimum atomic E-state index is -3.95. The molecule has 1 N–H and O–H groups in total. The van der Waals surface area contributed by atoms with E-state index in [1.165, 1.54) is 11.8 Å². The molecule has 0 aromatic heterocycles. The smallest absolute Gasteiger partial charge is 0.349 e. The second-order valence-electron chi connectivity index (χ2n) is 3.23. The van der Waals surface area contributed by atoms with Crippen molar-refractivity contribution in [3.63, 3.8) is 0 Å². The Kier molecular flexibility index (Phi) is 3.56. The number of nitrogens with zero attached hydrogens (tertiary/aromatic N) is 1. The summed E-state index contributed by atoms with van der Waals surface area (Å²) in [5.41, 5.74) is 0.297. The summed E-state index contributed by atoms with van der Waals surface area (Å²) in [6.45, 7) is 3.94. The van der Waals surface area contributed by atoms with Gasteiger partial charge in [0.05, 0.1) is 5.71 Å². The molecule has 0 atom stereocenters. The van der Waals surface area contributed by atoms with E-state index >= 15 is 0 Å². The van der Waals surface area contributed by atoms with Crippen LogP contribution in [0.5, 0.6) is 0 Å². The highest BCUT2D eigenvalue weighted by Crippen LogP contribution is 2.20. The molecule has 0 saturated heterocycles. The molecule has 1 rings (SSSR count). The lowest BCUT2D eigenvalue weighted by Gasteiger charge is -2.01. The predicted molar refractivity (Wildman–Crippen MR) is 59.7 cm³/mol. The molecular formula is C8H11NO4S2. The lowest BCUT2D eigenvalue weighted by molar-refractivity contribution is -0.131. The van der Waals surface area contributed by atoms with Crippen molar-refractivity contribution in [1.82, 2.24) is 0 Å². The van der Waals surface area contributed by atoms with Crippen LogP contribution in [0, 0.1) is 0 Å². The van der Waals surface area contributed by atoms with Crippen LogP contribution in [0.3, 0.4) is 0 Å². The quantitative estimate of drug-likeness (QED) is 0.799. The van der Waals surface area contributed by atoms with Crippen LogP contribution in [-0.4, -0.2) is 36.2 Å². The Morgan fingerprint density at radius 3 is 2.60 bits per heavy atom. The number of allylic oxidation sites excluding steroid dienone is 1. The number of hydrogen-bond donors (Lipinski definition) is 1. The molecular weight excluding hydrogens is 238 g/mol. The van der Waals surface area contributed by atoms with Gasteiger partial charge in [-0.2, -0.15) is 24.6 Å². The number of thioether (sulfide) groups is 1. The molecule has 15 heavy (non-hydrogen) atoms. The summed E-state index contributed by atoms with van der Waals surface area (Å²) in [6.07, 6.45) is 1.12. The third kappa shape index (κ3) is 3.07. The molecule has 0 unspecified atom stereocenters. The molecule has 0 saturated carbocycles. The number of rotatable bonds is 4. The summed E-state index contributed by atoms with van der Waals surface area (Å²) in [6, 6.07) is 0. The van der Waals surface area contributed by atoms with Gasteiger partial charge in [-0.3, -0.25) is 0 Å². The average molecular weight is 249 g/mol. The van der Waals surface area contributed by atoms with Gasteiger partial charge in [0, 0.05) is 5.75 Å². The average Bonchev–Trinajstić information content (AvgIpc) is 2.37. The van der Waals surface area contributed by atoms with Crippen molar-refractivity contribution < 1.29 is 18.3 Å². The zero-order valence-electron chi connectivity index (χ0n) is 8.30. The van der Waals surface area contributed by atoms with E-state index in [0.29, 0.717) is 16.7 Å². The van der Waals surface area contributed by atoms with Crippen LogP contribution in [0.1, 0.15) is 13.8 Å². The number of aliphatic carboxylic acids is 1. The van der Waals surface area contributed by atoms with Crippen molar-refractivity contribution in [2.75, 3.05) is 5.75 Å². The molecule has 1 aliphatic rings. The molecule has 84 valence electrons. The number of carbonyl (C=O) groups is 1. The van der Waals surface area contributed by atoms with E-state index in [1.807, 2.05) is 13.8 Å². The highest BCUT2D eigenvalue weighted by molar-refractivity contribution is 8.00. The van der Waals surface area contributed by atoms with E-state index in [0.717, 1.165) is 6.08 Å². The lowest BCUT2D eigenvalue weighted by atomic mass is 10.4. The fourth-order valence-electron chi connectivity index (χ4n) is 0.948. The molecule has 7 heteroatoms. The van der Waals surface area contributed by atoms with Crippen LogP contribution in [0.25, 0.3) is 0 Å². The maximum atomic E-state index is 11.2. The van der Waals surface area contributed by atoms with E-state index in [-0.39, 0.29) is 0 Å². The third-order valence-electron chi connectivity index (χ3n) is 1.59. The van der Waals surface area contributed by atoms with Crippen molar-refractivity contribution in [1.29, 1.82) is 0 Å². The zero-order chi connectivity index (χ0) is 11.6. The Morgan fingerprint density at radius 1 is 1.60 bits per heavy atom. The van der Waals surface area contributed by atoms with Crippen LogP contribution >= 0.6 is 11.8 Å². The molecule has 0 aromatic carbocycles. The standard InChI is InChI=1S/C8H11NO4S2/c1-5(2)14-4-6-3-7(8(10)11)15(12,13)9-6/h3,5H,4H2,1-2H3,(H,10,11). The second-order valence-corrected chi connectivity index (χ2v) is 6.37. The molecule has 0 radical (unpaired) electrons. The maximum Gasteiger partial charge on any atom is 0.349 e. The highest BCUT2D eigenvalue weighted by Gasteiger charge is 2.30. The van der Waals surface area contributed by atoms with Crippen LogP contribution in [0.15, 0.2) is 15.4 Å². The van der Waals surface area contributed by atoms with Crippen molar-refractivity contribution in [3.8, 4) is 0 Å². The summed E-state index contributed by atoms with van der Waals surface area (Å²) in [7, 11) is -3.95. The lowest BCUT2D eigenvalue weighted by Crippen LogP contribution is -2.07. The van der Waals surface area contributed by atoms with Gasteiger partial charge in [0.1, 0.15) is 0 Å². The molecule has 1 heterocycles. The number of sulfonamides is 1. The molecule has 1 aliphatic heterocycles. The van der Waals surface area contributed by atoms with Crippen molar-refractivity contribution in [2.45, 2.75) is 19.1 Å². The summed E-state index contributed by atoms with van der Waals surface area (Å²) >= 11 is 1.51. The number of carboxylic acid groups (broad SMARTS) is 1. The first kappa shape index (κ1) is 12.3. The SMILES string of the molecule is CC(C)SCC1=NS(=O)(=O)C(C(=O)O)=C1. The van der Waals surface area contributed by atoms with Gasteiger partial charge in [-0.05, 0) is 11.3 Å². The van der Waals surface area contributed by atoms with Crippen LogP contribution in [0.2, 0.25) is 0 Å². The van der Waals surface area contributed by atoms with Gasteiger partial charge >= 0.3 is 5.97 Å². The first-order chi connectivity index (χ1) is 6.83. The Morgan fingerprint density at radius 2 is 2.20 bits per heavy atom. The highest BCUT2D eigenvalue weighted by atomic mass is 32.2. The fraction of sp³-hybridized carbons (Fsp3) is 0.500. The van der Waals surface area contributed by atoms with Gasteiger partial charge in [0.25, 0.3) is 10.0 Å². The number of hydrogen-bond acceptors (Lipinski definition) is 4. The predicted octanol–water partition coefficient (Wildman–Crippen LogP) is 0.881. The van der Waals surface area contributed by atoms with Crippen molar-refractivity contribution in [2.24, 2.45) is 4.40 Å². The minimum Gasteiger partial charge on any atom is -0.477 e. The summed E-state index contributed by atoms with van der Waals surface area (Å²) in [5, 5.41) is 8.96. The van der Waals surface area contributed by atoms with Gasteiger partial charge in [-0.25, -0.2) is 4.79 Å². The largest absolute Gasteiger partial charge is 0.477 e. The Bertz CT molecular complexity index is 434. The molecule has 0 spiro atoms. The Labute approximate surface area is 92.3 Å². The topological polar surface area (TPSA) is 83.8 Å². The zero-order valence-corrected chi connectivity index (χ0v) is 9.93.